The second kappa shape index (κ2) is 9.86. The summed E-state index contributed by atoms with van der Waals surface area (Å²) in [6.45, 7) is 5.27. The van der Waals surface area contributed by atoms with E-state index < -0.39 is 29.2 Å². The van der Waals surface area contributed by atoms with Crippen LogP contribution in [0.5, 0.6) is 0 Å². The monoisotopic (exact) mass is 641 g/mol. The van der Waals surface area contributed by atoms with Gasteiger partial charge in [0, 0.05) is 34.4 Å². The summed E-state index contributed by atoms with van der Waals surface area (Å²) in [5, 5.41) is 4.52. The predicted octanol–water partition coefficient (Wildman–Crippen LogP) is 4.08. The Morgan fingerprint density at radius 2 is 1.88 bits per heavy atom. The molecule has 0 fully saturated rings. The third kappa shape index (κ3) is 4.57. The van der Waals surface area contributed by atoms with Crippen LogP contribution in [0, 0.1) is 13.8 Å². The van der Waals surface area contributed by atoms with Gasteiger partial charge in [0.05, 0.1) is 36.0 Å². The second-order valence-corrected chi connectivity index (χ2v) is 11.1. The molecule has 6 rings (SSSR count). The van der Waals surface area contributed by atoms with Gasteiger partial charge in [-0.1, -0.05) is 15.9 Å². The summed E-state index contributed by atoms with van der Waals surface area (Å²) in [5.41, 5.74) is 1.49. The minimum atomic E-state index is -4.64. The van der Waals surface area contributed by atoms with Gasteiger partial charge in [0.1, 0.15) is 0 Å². The average Bonchev–Trinajstić information content (AvgIpc) is 3.47. The van der Waals surface area contributed by atoms with Gasteiger partial charge >= 0.3 is 6.18 Å². The highest BCUT2D eigenvalue weighted by molar-refractivity contribution is 9.10. The van der Waals surface area contributed by atoms with Crippen LogP contribution in [-0.2, 0) is 26.2 Å². The quantitative estimate of drug-likeness (QED) is 0.291. The normalized spacial score (nSPS) is 15.3. The number of nitrogens with zero attached hydrogens (tertiary/aromatic N) is 9. The lowest BCUT2D eigenvalue weighted by Crippen LogP contribution is -2.46. The molecule has 1 aliphatic rings. The van der Waals surface area contributed by atoms with Crippen molar-refractivity contribution in [2.75, 3.05) is 0 Å². The standard InChI is InChI=1S/C27H23BrF3N9O2/c1-13-7-15(3)40(36-13)26-34-20-11-38(24(41)16-5-6-19(28)18(9-16)27(29,30)31)14(2)8-17(20)25(42)39(26)21-10-32-23-22(35-21)33-12-37(23)4/h5-7,9-10,12,14H,8,11H2,1-4H3/t14-/m1/s1. The Bertz CT molecular complexity index is 1960. The van der Waals surface area contributed by atoms with Gasteiger partial charge < -0.3 is 9.47 Å². The molecule has 1 atom stereocenters. The molecule has 0 radical (unpaired) electrons. The van der Waals surface area contributed by atoms with E-state index in [0.717, 1.165) is 6.07 Å². The number of rotatable bonds is 3. The number of aromatic nitrogens is 8. The number of carbonyl (C=O) groups excluding carboxylic acids is 1. The fourth-order valence-electron chi connectivity index (χ4n) is 5.14. The van der Waals surface area contributed by atoms with Crippen molar-refractivity contribution >= 4 is 33.1 Å². The summed E-state index contributed by atoms with van der Waals surface area (Å²) >= 11 is 2.92. The number of alkyl halides is 3. The molecule has 5 heterocycles. The molecule has 0 N–H and O–H groups in total. The van der Waals surface area contributed by atoms with Crippen LogP contribution < -0.4 is 5.56 Å². The van der Waals surface area contributed by atoms with Crippen LogP contribution in [-0.4, -0.2) is 55.7 Å². The number of carbonyl (C=O) groups is 1. The van der Waals surface area contributed by atoms with Crippen LogP contribution in [0.1, 0.15) is 45.5 Å². The van der Waals surface area contributed by atoms with Crippen LogP contribution in [0.25, 0.3) is 23.1 Å². The van der Waals surface area contributed by atoms with Crippen LogP contribution in [0.4, 0.5) is 13.2 Å². The van der Waals surface area contributed by atoms with Crippen LogP contribution >= 0.6 is 15.9 Å². The molecule has 0 spiro atoms. The molecule has 216 valence electrons. The fourth-order valence-corrected chi connectivity index (χ4v) is 5.61. The maximum atomic E-state index is 14.1. The molecular weight excluding hydrogens is 619 g/mol. The fraction of sp³-hybridized carbons (Fsp3) is 0.296. The molecule has 1 amide bonds. The number of benzene rings is 1. The zero-order chi connectivity index (χ0) is 30.1. The molecule has 15 heteroatoms. The van der Waals surface area contributed by atoms with E-state index in [0.29, 0.717) is 33.9 Å². The van der Waals surface area contributed by atoms with Crippen molar-refractivity contribution in [3.8, 4) is 11.8 Å². The Labute approximate surface area is 244 Å². The lowest BCUT2D eigenvalue weighted by molar-refractivity contribution is -0.138. The van der Waals surface area contributed by atoms with E-state index >= 15 is 0 Å². The maximum Gasteiger partial charge on any atom is 0.417 e. The van der Waals surface area contributed by atoms with Crippen molar-refractivity contribution in [1.29, 1.82) is 0 Å². The Balaban J connectivity index is 1.48. The summed E-state index contributed by atoms with van der Waals surface area (Å²) in [6.07, 6.45) is -1.48. The van der Waals surface area contributed by atoms with E-state index in [1.54, 1.807) is 31.8 Å². The molecule has 0 unspecified atom stereocenters. The number of amides is 1. The average molecular weight is 642 g/mol. The van der Waals surface area contributed by atoms with Crippen molar-refractivity contribution in [3.63, 3.8) is 0 Å². The third-order valence-electron chi connectivity index (χ3n) is 7.21. The van der Waals surface area contributed by atoms with Crippen LogP contribution in [0.3, 0.4) is 0 Å². The molecular formula is C27H23BrF3N9O2. The van der Waals surface area contributed by atoms with Crippen molar-refractivity contribution in [2.24, 2.45) is 7.05 Å². The van der Waals surface area contributed by atoms with Gasteiger partial charge in [-0.3, -0.25) is 9.59 Å². The molecule has 5 aromatic rings. The second-order valence-electron chi connectivity index (χ2n) is 10.2. The first kappa shape index (κ1) is 27.8. The molecule has 1 aliphatic heterocycles. The Kier molecular flexibility index (Phi) is 6.51. The predicted molar refractivity (Wildman–Crippen MR) is 148 cm³/mol. The van der Waals surface area contributed by atoms with Crippen LogP contribution in [0.2, 0.25) is 0 Å². The smallest absolute Gasteiger partial charge is 0.330 e. The first-order valence-corrected chi connectivity index (χ1v) is 13.6. The van der Waals surface area contributed by atoms with Crippen LogP contribution in [0.15, 0.2) is 46.1 Å². The zero-order valence-electron chi connectivity index (χ0n) is 22.8. The maximum absolute atomic E-state index is 14.1. The largest absolute Gasteiger partial charge is 0.417 e. The molecule has 1 aromatic carbocycles. The van der Waals surface area contributed by atoms with Crippen molar-refractivity contribution in [3.05, 3.63) is 85.4 Å². The van der Waals surface area contributed by atoms with Gasteiger partial charge in [0.25, 0.3) is 11.5 Å². The van der Waals surface area contributed by atoms with E-state index in [2.05, 4.69) is 36.0 Å². The van der Waals surface area contributed by atoms with E-state index in [-0.39, 0.29) is 34.8 Å². The highest BCUT2D eigenvalue weighted by atomic mass is 79.9. The number of imidazole rings is 1. The van der Waals surface area contributed by atoms with Crippen molar-refractivity contribution in [1.82, 2.24) is 43.8 Å². The molecule has 42 heavy (non-hydrogen) atoms. The van der Waals surface area contributed by atoms with E-state index in [9.17, 15) is 22.8 Å². The Morgan fingerprint density at radius 3 is 2.57 bits per heavy atom. The first-order chi connectivity index (χ1) is 19.8. The topological polar surface area (TPSA) is 117 Å². The summed E-state index contributed by atoms with van der Waals surface area (Å²) in [5.74, 6) is -0.264. The SMILES string of the molecule is Cc1cc(C)n(-c2nc3c(c(=O)n2-c2cnc4c(ncn4C)n2)C[C@@H](C)N(C(=O)c2ccc(Br)c(C(F)(F)F)c2)C3)n1. The van der Waals surface area contributed by atoms with Gasteiger partial charge in [0.15, 0.2) is 17.1 Å². The lowest BCUT2D eigenvalue weighted by atomic mass is 9.98. The zero-order valence-corrected chi connectivity index (χ0v) is 24.4. The van der Waals surface area contributed by atoms with E-state index in [4.69, 9.17) is 4.98 Å². The lowest BCUT2D eigenvalue weighted by Gasteiger charge is -2.34. The van der Waals surface area contributed by atoms with Gasteiger partial charge in [-0.05, 0) is 51.5 Å². The Hall–Kier alpha value is -4.40. The number of fused-ring (bicyclic) bond motifs is 2. The molecule has 0 saturated carbocycles. The van der Waals surface area contributed by atoms with E-state index in [1.165, 1.54) is 32.5 Å². The number of hydrogen-bond donors (Lipinski definition) is 0. The molecule has 0 bridgehead atoms. The highest BCUT2D eigenvalue weighted by Crippen LogP contribution is 2.36. The van der Waals surface area contributed by atoms with Gasteiger partial charge in [-0.15, -0.1) is 0 Å². The molecule has 4 aromatic heterocycles. The molecule has 11 nitrogen and oxygen atoms in total. The summed E-state index contributed by atoms with van der Waals surface area (Å²) in [7, 11) is 1.78. The number of hydrogen-bond acceptors (Lipinski definition) is 7. The van der Waals surface area contributed by atoms with Gasteiger partial charge in [-0.2, -0.15) is 18.3 Å². The Morgan fingerprint density at radius 1 is 1.12 bits per heavy atom. The van der Waals surface area contributed by atoms with E-state index in [1.807, 2.05) is 13.0 Å². The summed E-state index contributed by atoms with van der Waals surface area (Å²) in [6, 6.07) is 4.69. The van der Waals surface area contributed by atoms with Crippen molar-refractivity contribution < 1.29 is 18.0 Å². The third-order valence-corrected chi connectivity index (χ3v) is 7.91. The van der Waals surface area contributed by atoms with Crippen molar-refractivity contribution in [2.45, 2.75) is 46.0 Å². The molecule has 0 saturated heterocycles. The highest BCUT2D eigenvalue weighted by Gasteiger charge is 2.36. The van der Waals surface area contributed by atoms with Gasteiger partial charge in [0.2, 0.25) is 5.95 Å². The minimum absolute atomic E-state index is 0.0833. The number of aryl methyl sites for hydroxylation is 3. The summed E-state index contributed by atoms with van der Waals surface area (Å²) < 4.78 is 45.0. The minimum Gasteiger partial charge on any atom is -0.330 e. The van der Waals surface area contributed by atoms with Gasteiger partial charge in [-0.25, -0.2) is 29.2 Å². The number of halogens is 4. The summed E-state index contributed by atoms with van der Waals surface area (Å²) in [4.78, 5) is 47.1. The first-order valence-electron chi connectivity index (χ1n) is 12.8. The molecule has 0 aliphatic carbocycles.